The minimum atomic E-state index is -0.254. The lowest BCUT2D eigenvalue weighted by Crippen LogP contribution is -2.51. The Kier molecular flexibility index (Phi) is 6.91. The molecule has 5 rings (SSSR count). The molecule has 0 saturated heterocycles. The molecule has 2 aliphatic rings. The van der Waals surface area contributed by atoms with Crippen molar-refractivity contribution in [2.24, 2.45) is 0 Å². The molecule has 3 aromatic rings. The number of amides is 1. The van der Waals surface area contributed by atoms with E-state index >= 15 is 0 Å². The van der Waals surface area contributed by atoms with Gasteiger partial charge in [0.15, 0.2) is 5.65 Å². The molecule has 2 atom stereocenters. The van der Waals surface area contributed by atoms with Gasteiger partial charge < -0.3 is 30.0 Å². The molecule has 0 spiro atoms. The lowest BCUT2D eigenvalue weighted by atomic mass is 9.83. The highest BCUT2D eigenvalue weighted by Crippen LogP contribution is 2.36. The number of methoxy groups -OCH3 is 2. The van der Waals surface area contributed by atoms with Crippen LogP contribution >= 0.6 is 0 Å². The van der Waals surface area contributed by atoms with Crippen LogP contribution in [0.2, 0.25) is 0 Å². The second kappa shape index (κ2) is 10.1. The average molecular weight is 510 g/mol. The predicted molar refractivity (Wildman–Crippen MR) is 141 cm³/mol. The topological polar surface area (TPSA) is 124 Å². The summed E-state index contributed by atoms with van der Waals surface area (Å²) in [4.78, 5) is 31.1. The fraction of sp³-hybridized carbons (Fsp3) is 0.538. The summed E-state index contributed by atoms with van der Waals surface area (Å²) < 4.78 is 14.4. The Labute approximate surface area is 215 Å². The van der Waals surface area contributed by atoms with Gasteiger partial charge in [0, 0.05) is 39.6 Å². The van der Waals surface area contributed by atoms with Gasteiger partial charge in [0.2, 0.25) is 0 Å². The first-order valence-corrected chi connectivity index (χ1v) is 12.8. The second-order valence-electron chi connectivity index (χ2n) is 10.1. The van der Waals surface area contributed by atoms with Crippen LogP contribution < -0.4 is 21.5 Å². The molecule has 3 N–H and O–H groups in total. The largest absolute Gasteiger partial charge is 0.379 e. The summed E-state index contributed by atoms with van der Waals surface area (Å²) in [7, 11) is 5.17. The van der Waals surface area contributed by atoms with Crippen molar-refractivity contribution in [2.75, 3.05) is 31.9 Å². The molecule has 198 valence electrons. The van der Waals surface area contributed by atoms with Crippen LogP contribution in [0, 0.1) is 0 Å². The zero-order chi connectivity index (χ0) is 26.2. The molecule has 1 amide bonds. The molecule has 0 bridgehead atoms. The van der Waals surface area contributed by atoms with Gasteiger partial charge in [0.1, 0.15) is 22.9 Å². The number of rotatable bonds is 8. The van der Waals surface area contributed by atoms with E-state index in [4.69, 9.17) is 9.47 Å². The predicted octanol–water partition coefficient (Wildman–Crippen LogP) is 3.10. The molecule has 0 aliphatic heterocycles. The van der Waals surface area contributed by atoms with Gasteiger partial charge in [-0.15, -0.1) is 0 Å². The number of carbonyl (C=O) groups excluding carboxylic acids is 1. The normalized spacial score (nSPS) is 25.5. The highest BCUT2D eigenvalue weighted by Gasteiger charge is 2.33. The highest BCUT2D eigenvalue weighted by molar-refractivity contribution is 6.00. The molecule has 0 radical (unpaired) electrons. The van der Waals surface area contributed by atoms with Crippen LogP contribution in [-0.4, -0.2) is 64.1 Å². The van der Waals surface area contributed by atoms with E-state index in [-0.39, 0.29) is 35.3 Å². The van der Waals surface area contributed by atoms with Gasteiger partial charge in [0.25, 0.3) is 11.5 Å². The van der Waals surface area contributed by atoms with Crippen molar-refractivity contribution < 1.29 is 14.3 Å². The van der Waals surface area contributed by atoms with Gasteiger partial charge in [-0.3, -0.25) is 9.59 Å². The lowest BCUT2D eigenvalue weighted by Gasteiger charge is -2.36. The number of fused-ring (bicyclic) bond motifs is 1. The maximum Gasteiger partial charge on any atom is 0.274 e. The van der Waals surface area contributed by atoms with Crippen molar-refractivity contribution in [1.29, 1.82) is 0 Å². The Bertz CT molecular complexity index is 1340. The number of anilines is 3. The SMILES string of the molecule is CNc1cc(Nc2cccn([C@H]3CC[C@](C)(OC)CC3)c2=O)nc2c(C(=O)N[C@H]3CC[C@@H]3OC)cnn12. The maximum absolute atomic E-state index is 13.4. The molecule has 37 heavy (non-hydrogen) atoms. The van der Waals surface area contributed by atoms with Crippen LogP contribution in [0.25, 0.3) is 5.65 Å². The van der Waals surface area contributed by atoms with Gasteiger partial charge in [-0.25, -0.2) is 4.98 Å². The summed E-state index contributed by atoms with van der Waals surface area (Å²) in [5, 5.41) is 13.6. The Morgan fingerprint density at radius 1 is 1.19 bits per heavy atom. The first-order chi connectivity index (χ1) is 17.9. The zero-order valence-corrected chi connectivity index (χ0v) is 21.8. The van der Waals surface area contributed by atoms with Crippen molar-refractivity contribution in [1.82, 2.24) is 24.5 Å². The van der Waals surface area contributed by atoms with Crippen molar-refractivity contribution in [3.05, 3.63) is 46.5 Å². The van der Waals surface area contributed by atoms with E-state index in [1.165, 1.54) is 6.20 Å². The summed E-state index contributed by atoms with van der Waals surface area (Å²) >= 11 is 0. The molecule has 11 nitrogen and oxygen atoms in total. The van der Waals surface area contributed by atoms with Crippen LogP contribution in [-0.2, 0) is 9.47 Å². The molecular formula is C26H35N7O4. The van der Waals surface area contributed by atoms with E-state index in [0.29, 0.717) is 28.5 Å². The second-order valence-corrected chi connectivity index (χ2v) is 10.1. The lowest BCUT2D eigenvalue weighted by molar-refractivity contribution is -0.0324. The van der Waals surface area contributed by atoms with E-state index < -0.39 is 0 Å². The van der Waals surface area contributed by atoms with Gasteiger partial charge in [-0.1, -0.05) is 0 Å². The van der Waals surface area contributed by atoms with Gasteiger partial charge >= 0.3 is 0 Å². The van der Waals surface area contributed by atoms with E-state index in [2.05, 4.69) is 33.0 Å². The maximum atomic E-state index is 13.4. The summed E-state index contributed by atoms with van der Waals surface area (Å²) in [5.74, 6) is 0.818. The van der Waals surface area contributed by atoms with Crippen molar-refractivity contribution >= 4 is 28.9 Å². The van der Waals surface area contributed by atoms with Crippen LogP contribution in [0.15, 0.2) is 35.4 Å². The minimum absolute atomic E-state index is 0.0245. The van der Waals surface area contributed by atoms with Crippen LogP contribution in [0.1, 0.15) is 61.8 Å². The molecule has 0 aromatic carbocycles. The van der Waals surface area contributed by atoms with E-state index in [1.807, 2.05) is 12.3 Å². The minimum Gasteiger partial charge on any atom is -0.379 e. The van der Waals surface area contributed by atoms with Crippen molar-refractivity contribution in [3.8, 4) is 0 Å². The van der Waals surface area contributed by atoms with Crippen LogP contribution in [0.4, 0.5) is 17.3 Å². The number of pyridine rings is 1. The number of ether oxygens (including phenoxy) is 2. The smallest absolute Gasteiger partial charge is 0.274 e. The molecular weight excluding hydrogens is 474 g/mol. The Hall–Kier alpha value is -3.44. The third kappa shape index (κ3) is 4.80. The first-order valence-electron chi connectivity index (χ1n) is 12.8. The average Bonchev–Trinajstić information content (AvgIpc) is 3.32. The molecule has 2 saturated carbocycles. The fourth-order valence-electron chi connectivity index (χ4n) is 5.25. The Balaban J connectivity index is 1.41. The summed E-state index contributed by atoms with van der Waals surface area (Å²) in [6.45, 7) is 2.12. The molecule has 0 unspecified atom stereocenters. The van der Waals surface area contributed by atoms with E-state index in [9.17, 15) is 9.59 Å². The van der Waals surface area contributed by atoms with E-state index in [0.717, 1.165) is 38.5 Å². The Morgan fingerprint density at radius 3 is 2.62 bits per heavy atom. The van der Waals surface area contributed by atoms with Crippen LogP contribution in [0.5, 0.6) is 0 Å². The molecule has 3 aromatic heterocycles. The number of aromatic nitrogens is 4. The van der Waals surface area contributed by atoms with Gasteiger partial charge in [-0.2, -0.15) is 9.61 Å². The summed E-state index contributed by atoms with van der Waals surface area (Å²) in [5.41, 5.74) is 0.933. The standard InChI is InChI=1S/C26H35N7O4/c1-26(37-4)11-9-16(10-12-26)32-13-5-6-19(25(32)35)29-21-14-22(27-2)33-23(31-21)17(15-28-33)24(34)30-18-7-8-20(18)36-3/h5-6,13-16,18,20,27H,7-12H2,1-4H3,(H,29,31)(H,30,34)/t16-,18-,20-,26-/m0/s1. The summed E-state index contributed by atoms with van der Waals surface area (Å²) in [6, 6.07) is 5.47. The monoisotopic (exact) mass is 509 g/mol. The third-order valence-corrected chi connectivity index (χ3v) is 7.94. The van der Waals surface area contributed by atoms with Crippen molar-refractivity contribution in [3.63, 3.8) is 0 Å². The number of nitrogens with one attached hydrogen (secondary N) is 3. The Morgan fingerprint density at radius 2 is 1.97 bits per heavy atom. The molecule has 3 heterocycles. The zero-order valence-electron chi connectivity index (χ0n) is 21.8. The fourth-order valence-corrected chi connectivity index (χ4v) is 5.25. The summed E-state index contributed by atoms with van der Waals surface area (Å²) in [6.07, 6.45) is 8.73. The first kappa shape index (κ1) is 25.2. The number of hydrogen-bond donors (Lipinski definition) is 3. The molecule has 11 heteroatoms. The molecule has 2 aliphatic carbocycles. The van der Waals surface area contributed by atoms with Crippen molar-refractivity contribution in [2.45, 2.75) is 69.2 Å². The van der Waals surface area contributed by atoms with Crippen LogP contribution in [0.3, 0.4) is 0 Å². The molecule has 2 fully saturated rings. The number of nitrogens with zero attached hydrogens (tertiary/aromatic N) is 4. The highest BCUT2D eigenvalue weighted by atomic mass is 16.5. The number of hydrogen-bond acceptors (Lipinski definition) is 8. The third-order valence-electron chi connectivity index (χ3n) is 7.94. The quantitative estimate of drug-likeness (QED) is 0.423. The van der Waals surface area contributed by atoms with Gasteiger partial charge in [-0.05, 0) is 57.6 Å². The number of carbonyl (C=O) groups is 1. The van der Waals surface area contributed by atoms with Gasteiger partial charge in [0.05, 0.1) is 23.9 Å². The van der Waals surface area contributed by atoms with E-state index in [1.54, 1.807) is 42.5 Å².